The number of anilines is 1. The number of nitrogens with one attached hydrogen (secondary N) is 2. The zero-order valence-corrected chi connectivity index (χ0v) is 15.7. The van der Waals surface area contributed by atoms with Gasteiger partial charge in [0.25, 0.3) is 0 Å². The summed E-state index contributed by atoms with van der Waals surface area (Å²) >= 11 is 1.69. The Bertz CT molecular complexity index is 559. The minimum absolute atomic E-state index is 0.0917. The molecule has 5 nitrogen and oxygen atoms in total. The molecular weight excluding hydrogens is 336 g/mol. The van der Waals surface area contributed by atoms with Gasteiger partial charge in [0.1, 0.15) is 0 Å². The van der Waals surface area contributed by atoms with Gasteiger partial charge >= 0.3 is 5.97 Å². The molecular formula is C19H28N2O3S. The van der Waals surface area contributed by atoms with Crippen molar-refractivity contribution in [2.24, 2.45) is 5.92 Å². The Hall–Kier alpha value is -1.53. The topological polar surface area (TPSA) is 67.4 Å². The third-order valence-corrected chi connectivity index (χ3v) is 5.43. The van der Waals surface area contributed by atoms with Crippen LogP contribution in [0.1, 0.15) is 37.7 Å². The molecule has 0 saturated carbocycles. The summed E-state index contributed by atoms with van der Waals surface area (Å²) in [6, 6.07) is 7.92. The zero-order valence-electron chi connectivity index (χ0n) is 14.9. The van der Waals surface area contributed by atoms with Gasteiger partial charge in [-0.15, -0.1) is 0 Å². The first-order valence-electron chi connectivity index (χ1n) is 8.91. The van der Waals surface area contributed by atoms with Crippen molar-refractivity contribution in [1.29, 1.82) is 0 Å². The highest BCUT2D eigenvalue weighted by Gasteiger charge is 2.14. The van der Waals surface area contributed by atoms with Gasteiger partial charge in [-0.1, -0.05) is 12.1 Å². The number of carbonyl (C=O) groups is 2. The molecule has 1 aliphatic heterocycles. The normalized spacial score (nSPS) is 14.9. The van der Waals surface area contributed by atoms with Crippen LogP contribution in [0.25, 0.3) is 0 Å². The van der Waals surface area contributed by atoms with Gasteiger partial charge in [-0.05, 0) is 56.0 Å². The molecule has 0 atom stereocenters. The first kappa shape index (κ1) is 19.8. The van der Waals surface area contributed by atoms with Crippen LogP contribution < -0.4 is 10.6 Å². The van der Waals surface area contributed by atoms with Gasteiger partial charge in [-0.2, -0.15) is 11.8 Å². The van der Waals surface area contributed by atoms with Crippen molar-refractivity contribution in [3.63, 3.8) is 0 Å². The van der Waals surface area contributed by atoms with Crippen LogP contribution in [0.3, 0.4) is 0 Å². The van der Waals surface area contributed by atoms with E-state index in [1.807, 2.05) is 24.3 Å². The van der Waals surface area contributed by atoms with E-state index in [0.717, 1.165) is 42.3 Å². The predicted octanol–water partition coefficient (Wildman–Crippen LogP) is 3.20. The van der Waals surface area contributed by atoms with E-state index in [0.29, 0.717) is 18.8 Å². The molecule has 0 bridgehead atoms. The average molecular weight is 365 g/mol. The molecule has 0 aliphatic carbocycles. The molecule has 1 aromatic rings. The number of hydrogen-bond donors (Lipinski definition) is 2. The van der Waals surface area contributed by atoms with Crippen molar-refractivity contribution in [1.82, 2.24) is 5.32 Å². The summed E-state index contributed by atoms with van der Waals surface area (Å²) in [6.45, 7) is 2.14. The molecule has 0 unspecified atom stereocenters. The lowest BCUT2D eigenvalue weighted by Crippen LogP contribution is -2.28. The molecule has 25 heavy (non-hydrogen) atoms. The fourth-order valence-corrected chi connectivity index (χ4v) is 3.79. The molecule has 2 rings (SSSR count). The highest BCUT2D eigenvalue weighted by Crippen LogP contribution is 2.20. The molecule has 0 aromatic heterocycles. The summed E-state index contributed by atoms with van der Waals surface area (Å²) in [5.41, 5.74) is 1.99. The molecule has 1 saturated heterocycles. The highest BCUT2D eigenvalue weighted by atomic mass is 32.2. The van der Waals surface area contributed by atoms with Crippen molar-refractivity contribution in [3.8, 4) is 0 Å². The SMILES string of the molecule is COC(=O)CCSCc1cccc(NC(=O)CCC2CCNCC2)c1. The van der Waals surface area contributed by atoms with Gasteiger partial charge in [-0.3, -0.25) is 9.59 Å². The van der Waals surface area contributed by atoms with E-state index >= 15 is 0 Å². The summed E-state index contributed by atoms with van der Waals surface area (Å²) in [6.07, 6.45) is 4.32. The molecule has 0 radical (unpaired) electrons. The van der Waals surface area contributed by atoms with Crippen LogP contribution in [0.2, 0.25) is 0 Å². The van der Waals surface area contributed by atoms with Gasteiger partial charge in [0.15, 0.2) is 0 Å². The summed E-state index contributed by atoms with van der Waals surface area (Å²) in [5.74, 6) is 2.13. The molecule has 0 spiro atoms. The number of carbonyl (C=O) groups excluding carboxylic acids is 2. The minimum Gasteiger partial charge on any atom is -0.469 e. The van der Waals surface area contributed by atoms with Crippen molar-refractivity contribution in [2.75, 3.05) is 31.3 Å². The number of thioether (sulfide) groups is 1. The Labute approximate surface area is 154 Å². The number of esters is 1. The van der Waals surface area contributed by atoms with E-state index < -0.39 is 0 Å². The van der Waals surface area contributed by atoms with Crippen LogP contribution in [0.15, 0.2) is 24.3 Å². The van der Waals surface area contributed by atoms with Crippen LogP contribution in [0.4, 0.5) is 5.69 Å². The zero-order chi connectivity index (χ0) is 17.9. The van der Waals surface area contributed by atoms with Crippen molar-refractivity contribution < 1.29 is 14.3 Å². The standard InChI is InChI=1S/C19H28N2O3S/c1-24-19(23)9-12-25-14-16-3-2-4-17(13-16)21-18(22)6-5-15-7-10-20-11-8-15/h2-4,13,15,20H,5-12,14H2,1H3,(H,21,22). The van der Waals surface area contributed by atoms with Crippen LogP contribution in [0, 0.1) is 5.92 Å². The highest BCUT2D eigenvalue weighted by molar-refractivity contribution is 7.98. The molecule has 138 valence electrons. The maximum absolute atomic E-state index is 12.2. The number of amides is 1. The molecule has 1 fully saturated rings. The van der Waals surface area contributed by atoms with Crippen molar-refractivity contribution in [2.45, 2.75) is 37.9 Å². The Morgan fingerprint density at radius 1 is 1.28 bits per heavy atom. The van der Waals surface area contributed by atoms with Gasteiger partial charge in [0.05, 0.1) is 13.5 Å². The first-order chi connectivity index (χ1) is 12.2. The summed E-state index contributed by atoms with van der Waals surface area (Å²) in [7, 11) is 1.41. The second-order valence-electron chi connectivity index (χ2n) is 6.36. The van der Waals surface area contributed by atoms with Crippen LogP contribution in [0.5, 0.6) is 0 Å². The maximum atomic E-state index is 12.2. The molecule has 1 aromatic carbocycles. The Balaban J connectivity index is 1.70. The number of piperidine rings is 1. The lowest BCUT2D eigenvalue weighted by atomic mass is 9.93. The Kier molecular flexibility index (Phi) is 8.83. The Morgan fingerprint density at radius 3 is 2.84 bits per heavy atom. The van der Waals surface area contributed by atoms with Crippen LogP contribution >= 0.6 is 11.8 Å². The second kappa shape index (κ2) is 11.2. The average Bonchev–Trinajstić information content (AvgIpc) is 2.64. The second-order valence-corrected chi connectivity index (χ2v) is 7.46. The summed E-state index contributed by atoms with van der Waals surface area (Å²) < 4.78 is 4.63. The summed E-state index contributed by atoms with van der Waals surface area (Å²) in [5, 5.41) is 6.35. The fraction of sp³-hybridized carbons (Fsp3) is 0.579. The predicted molar refractivity (Wildman–Crippen MR) is 103 cm³/mol. The maximum Gasteiger partial charge on any atom is 0.306 e. The number of rotatable bonds is 9. The smallest absolute Gasteiger partial charge is 0.306 e. The molecule has 2 N–H and O–H groups in total. The molecule has 6 heteroatoms. The van der Waals surface area contributed by atoms with E-state index in [1.165, 1.54) is 20.0 Å². The number of methoxy groups -OCH3 is 1. The molecule has 1 heterocycles. The lowest BCUT2D eigenvalue weighted by molar-refractivity contribution is -0.140. The third kappa shape index (κ3) is 7.92. The lowest BCUT2D eigenvalue weighted by Gasteiger charge is -2.22. The van der Waals surface area contributed by atoms with Gasteiger partial charge in [0, 0.05) is 23.6 Å². The number of benzene rings is 1. The van der Waals surface area contributed by atoms with E-state index in [2.05, 4.69) is 15.4 Å². The Morgan fingerprint density at radius 2 is 2.08 bits per heavy atom. The van der Waals surface area contributed by atoms with E-state index in [1.54, 1.807) is 11.8 Å². The number of hydrogen-bond acceptors (Lipinski definition) is 5. The first-order valence-corrected chi connectivity index (χ1v) is 10.1. The van der Waals surface area contributed by atoms with Crippen LogP contribution in [-0.4, -0.2) is 37.8 Å². The van der Waals surface area contributed by atoms with Crippen molar-refractivity contribution in [3.05, 3.63) is 29.8 Å². The van der Waals surface area contributed by atoms with E-state index in [4.69, 9.17) is 0 Å². The quantitative estimate of drug-likeness (QED) is 0.520. The van der Waals surface area contributed by atoms with Crippen LogP contribution in [-0.2, 0) is 20.1 Å². The number of ether oxygens (including phenoxy) is 1. The van der Waals surface area contributed by atoms with Gasteiger partial charge < -0.3 is 15.4 Å². The largest absolute Gasteiger partial charge is 0.469 e. The molecule has 1 aliphatic rings. The summed E-state index contributed by atoms with van der Waals surface area (Å²) in [4.78, 5) is 23.2. The van der Waals surface area contributed by atoms with Crippen molar-refractivity contribution >= 4 is 29.3 Å². The van der Waals surface area contributed by atoms with Gasteiger partial charge in [0.2, 0.25) is 5.91 Å². The van der Waals surface area contributed by atoms with E-state index in [-0.39, 0.29) is 11.9 Å². The van der Waals surface area contributed by atoms with Gasteiger partial charge in [-0.25, -0.2) is 0 Å². The fourth-order valence-electron chi connectivity index (χ4n) is 2.92. The molecule has 1 amide bonds. The third-order valence-electron chi connectivity index (χ3n) is 4.40. The minimum atomic E-state index is -0.178. The monoisotopic (exact) mass is 364 g/mol. The van der Waals surface area contributed by atoms with E-state index in [9.17, 15) is 9.59 Å².